The summed E-state index contributed by atoms with van der Waals surface area (Å²) in [6.45, 7) is 8.97. The Morgan fingerprint density at radius 1 is 0.857 bits per heavy atom. The first-order valence-corrected chi connectivity index (χ1v) is 11.9. The second-order valence-corrected chi connectivity index (χ2v) is 9.13. The van der Waals surface area contributed by atoms with Crippen LogP contribution in [0.5, 0.6) is 0 Å². The Morgan fingerprint density at radius 2 is 1.34 bits per heavy atom. The van der Waals surface area contributed by atoms with Gasteiger partial charge in [0.05, 0.1) is 11.5 Å². The number of hydroxylamine groups is 1. The monoisotopic (exact) mass is 538 g/mol. The van der Waals surface area contributed by atoms with E-state index in [0.717, 1.165) is 18.7 Å². The molecule has 0 bridgehead atoms. The second kappa shape index (κ2) is 14.9. The summed E-state index contributed by atoms with van der Waals surface area (Å²) < 4.78 is 15.4. The highest BCUT2D eigenvalue weighted by Crippen LogP contribution is 2.17. The molecule has 0 aromatic heterocycles. The maximum absolute atomic E-state index is 12.9. The predicted molar refractivity (Wildman–Crippen MR) is 130 cm³/mol. The zero-order valence-corrected chi connectivity index (χ0v) is 22.6. The number of nitrogens with one attached hydrogen (secondary N) is 1. The third-order valence-corrected chi connectivity index (χ3v) is 4.79. The second-order valence-electron chi connectivity index (χ2n) is 8.50. The zero-order valence-electron chi connectivity index (χ0n) is 20.9. The molecule has 0 saturated carbocycles. The van der Waals surface area contributed by atoms with Crippen molar-refractivity contribution in [3.8, 4) is 0 Å². The first-order chi connectivity index (χ1) is 16.0. The van der Waals surface area contributed by atoms with Crippen molar-refractivity contribution in [1.82, 2.24) is 10.4 Å². The number of hydrogen-bond acceptors (Lipinski definition) is 13. The van der Waals surface area contributed by atoms with Crippen molar-refractivity contribution in [2.75, 3.05) is 18.1 Å². The highest BCUT2D eigenvalue weighted by Gasteiger charge is 2.39. The summed E-state index contributed by atoms with van der Waals surface area (Å²) in [5.41, 5.74) is 1.24. The minimum atomic E-state index is -1.42. The molecule has 0 radical (unpaired) electrons. The van der Waals surface area contributed by atoms with E-state index in [-0.39, 0.29) is 11.5 Å². The topological polar surface area (TPSA) is 155 Å². The molecule has 4 unspecified atom stereocenters. The number of amides is 1. The van der Waals surface area contributed by atoms with Gasteiger partial charge in [-0.1, -0.05) is 0 Å². The molecular formula is C21H34N2O10S2. The fourth-order valence-corrected chi connectivity index (χ4v) is 3.24. The number of ether oxygens (including phenoxy) is 3. The molecule has 0 rings (SSSR count). The Kier molecular flexibility index (Phi) is 13.9. The Labute approximate surface area is 215 Å². The molecule has 0 saturated heterocycles. The molecule has 12 nitrogen and oxygen atoms in total. The van der Waals surface area contributed by atoms with Crippen molar-refractivity contribution in [3.05, 3.63) is 0 Å². The van der Waals surface area contributed by atoms with E-state index in [1.807, 2.05) is 0 Å². The summed E-state index contributed by atoms with van der Waals surface area (Å²) in [4.78, 5) is 78.7. The lowest BCUT2D eigenvalue weighted by Gasteiger charge is -2.34. The van der Waals surface area contributed by atoms with Gasteiger partial charge in [0.2, 0.25) is 0 Å². The van der Waals surface area contributed by atoms with E-state index in [1.165, 1.54) is 13.8 Å². The molecule has 0 heterocycles. The Balaban J connectivity index is 5.87. The molecule has 14 heteroatoms. The maximum Gasteiger partial charge on any atom is 0.411 e. The van der Waals surface area contributed by atoms with Gasteiger partial charge >= 0.3 is 24.0 Å². The van der Waals surface area contributed by atoms with Crippen molar-refractivity contribution in [3.63, 3.8) is 0 Å². The third kappa shape index (κ3) is 12.3. The number of nitrogens with zero attached hydrogens (tertiary/aromatic N) is 1. The fourth-order valence-electron chi connectivity index (χ4n) is 2.86. The number of carbonyl (C=O) groups is 6. The van der Waals surface area contributed by atoms with E-state index in [0.29, 0.717) is 0 Å². The van der Waals surface area contributed by atoms with E-state index in [9.17, 15) is 28.8 Å². The summed E-state index contributed by atoms with van der Waals surface area (Å²) in [7, 11) is 0. The standard InChI is InChI=1S/C21H34N2O10S2/c1-11(30-13(3)24)18(15(26)9-34)22-33-17(28)8-23(20(29)32-21(5,6)7)19(16(27)10-35)12(2)31-14(4)25/h11-12,18-19,22,34-35H,8-10H2,1-7H3. The third-order valence-electron chi connectivity index (χ3n) is 4.17. The fraction of sp³-hybridized carbons (Fsp3) is 0.714. The lowest BCUT2D eigenvalue weighted by molar-refractivity contribution is -0.162. The number of hydrogen-bond donors (Lipinski definition) is 3. The minimum absolute atomic E-state index is 0.247. The van der Waals surface area contributed by atoms with Crippen LogP contribution in [0.3, 0.4) is 0 Å². The van der Waals surface area contributed by atoms with Crippen molar-refractivity contribution < 1.29 is 47.8 Å². The van der Waals surface area contributed by atoms with E-state index < -0.39 is 72.0 Å². The molecule has 0 spiro atoms. The number of ketones is 2. The van der Waals surface area contributed by atoms with Gasteiger partial charge in [-0.2, -0.15) is 25.3 Å². The van der Waals surface area contributed by atoms with Gasteiger partial charge in [-0.05, 0) is 34.6 Å². The molecule has 0 aromatic rings. The van der Waals surface area contributed by atoms with Crippen LogP contribution in [0.1, 0.15) is 48.5 Å². The molecule has 0 fully saturated rings. The summed E-state index contributed by atoms with van der Waals surface area (Å²) in [6.07, 6.45) is -3.21. The van der Waals surface area contributed by atoms with E-state index in [1.54, 1.807) is 20.8 Å². The average molecular weight is 539 g/mol. The van der Waals surface area contributed by atoms with Gasteiger partial charge in [-0.25, -0.2) is 9.59 Å². The molecule has 1 N–H and O–H groups in total. The minimum Gasteiger partial charge on any atom is -0.461 e. The van der Waals surface area contributed by atoms with Crippen molar-refractivity contribution >= 4 is 60.8 Å². The zero-order chi connectivity index (χ0) is 27.5. The summed E-state index contributed by atoms with van der Waals surface area (Å²) in [5, 5.41) is 0. The number of esters is 2. The Hall–Kier alpha value is -2.32. The van der Waals surface area contributed by atoms with Crippen LogP contribution in [0.2, 0.25) is 0 Å². The molecule has 0 aromatic carbocycles. The van der Waals surface area contributed by atoms with E-state index >= 15 is 0 Å². The van der Waals surface area contributed by atoms with Gasteiger partial charge in [0, 0.05) is 13.8 Å². The van der Waals surface area contributed by atoms with Crippen LogP contribution in [0.15, 0.2) is 0 Å². The van der Waals surface area contributed by atoms with Crippen LogP contribution in [0.25, 0.3) is 0 Å². The van der Waals surface area contributed by atoms with Crippen molar-refractivity contribution in [2.24, 2.45) is 0 Å². The molecule has 4 atom stereocenters. The summed E-state index contributed by atoms with van der Waals surface area (Å²) in [5.74, 6) is -4.20. The number of carbonyl (C=O) groups excluding carboxylic acids is 6. The Morgan fingerprint density at radius 3 is 1.77 bits per heavy atom. The van der Waals surface area contributed by atoms with Gasteiger partial charge in [-0.15, -0.1) is 5.48 Å². The van der Waals surface area contributed by atoms with E-state index in [4.69, 9.17) is 19.0 Å². The maximum atomic E-state index is 12.9. The van der Waals surface area contributed by atoms with Gasteiger partial charge in [-0.3, -0.25) is 24.1 Å². The number of rotatable bonds is 13. The SMILES string of the molecule is CC(=O)OC(C)C(NOC(=O)CN(C(=O)OC(C)(C)C)C(C(=O)CS)C(C)OC(C)=O)C(=O)CS. The molecule has 0 aliphatic heterocycles. The lowest BCUT2D eigenvalue weighted by atomic mass is 10.1. The predicted octanol–water partition coefficient (Wildman–Crippen LogP) is 0.909. The first kappa shape index (κ1) is 32.7. The molecular weight excluding hydrogens is 504 g/mol. The van der Waals surface area contributed by atoms with E-state index in [2.05, 4.69) is 30.7 Å². The van der Waals surface area contributed by atoms with Gasteiger partial charge in [0.15, 0.2) is 11.6 Å². The number of Topliss-reactive ketones (excluding diaryl/α,β-unsaturated/α-hetero) is 2. The highest BCUT2D eigenvalue weighted by atomic mass is 32.1. The number of thiol groups is 2. The van der Waals surface area contributed by atoms with Crippen LogP contribution in [0, 0.1) is 0 Å². The molecule has 0 aliphatic rings. The smallest absolute Gasteiger partial charge is 0.411 e. The van der Waals surface area contributed by atoms with Gasteiger partial charge < -0.3 is 19.0 Å². The van der Waals surface area contributed by atoms with Gasteiger partial charge in [0.25, 0.3) is 0 Å². The summed E-state index contributed by atoms with van der Waals surface area (Å²) >= 11 is 7.84. The first-order valence-electron chi connectivity index (χ1n) is 10.6. The van der Waals surface area contributed by atoms with Crippen molar-refractivity contribution in [2.45, 2.75) is 78.4 Å². The van der Waals surface area contributed by atoms with Crippen LogP contribution in [0.4, 0.5) is 4.79 Å². The van der Waals surface area contributed by atoms with Crippen LogP contribution >= 0.6 is 25.3 Å². The average Bonchev–Trinajstić information content (AvgIpc) is 2.70. The summed E-state index contributed by atoms with van der Waals surface area (Å²) in [6, 6.07) is -2.67. The Bertz CT molecular complexity index is 799. The van der Waals surface area contributed by atoms with Crippen molar-refractivity contribution in [1.29, 1.82) is 0 Å². The highest BCUT2D eigenvalue weighted by molar-refractivity contribution is 7.81. The van der Waals surface area contributed by atoms with Gasteiger partial charge in [0.1, 0.15) is 36.4 Å². The largest absolute Gasteiger partial charge is 0.461 e. The van der Waals surface area contributed by atoms with Crippen LogP contribution in [-0.4, -0.2) is 88.4 Å². The lowest BCUT2D eigenvalue weighted by Crippen LogP contribution is -2.56. The quantitative estimate of drug-likeness (QED) is 0.133. The van der Waals surface area contributed by atoms with Crippen LogP contribution < -0.4 is 5.48 Å². The molecule has 35 heavy (non-hydrogen) atoms. The molecule has 0 aliphatic carbocycles. The molecule has 1 amide bonds. The molecule has 200 valence electrons. The normalized spacial score (nSPS) is 14.5. The van der Waals surface area contributed by atoms with Crippen LogP contribution in [-0.2, 0) is 43.0 Å².